The Hall–Kier alpha value is -3.61. The molecule has 150 valence electrons. The molecule has 0 aliphatic rings. The maximum atomic E-state index is 12.5. The lowest BCUT2D eigenvalue weighted by Crippen LogP contribution is -2.14. The van der Waals surface area contributed by atoms with E-state index in [0.717, 1.165) is 5.69 Å². The highest BCUT2D eigenvalue weighted by atomic mass is 16.5. The Labute approximate surface area is 170 Å². The molecule has 0 unspecified atom stereocenters. The minimum Gasteiger partial charge on any atom is -0.497 e. The fourth-order valence-electron chi connectivity index (χ4n) is 2.69. The quantitative estimate of drug-likeness (QED) is 0.611. The molecule has 1 heterocycles. The summed E-state index contributed by atoms with van der Waals surface area (Å²) in [4.78, 5) is 12.5. The Kier molecular flexibility index (Phi) is 6.29. The summed E-state index contributed by atoms with van der Waals surface area (Å²) in [6, 6.07) is 16.6. The first kappa shape index (κ1) is 20.1. The lowest BCUT2D eigenvalue weighted by molar-refractivity contribution is 0.102. The Morgan fingerprint density at radius 3 is 1.97 bits per heavy atom. The van der Waals surface area contributed by atoms with Gasteiger partial charge in [0.05, 0.1) is 14.2 Å². The number of amides is 1. The Morgan fingerprint density at radius 1 is 0.862 bits per heavy atom. The zero-order chi connectivity index (χ0) is 20.8. The topological polar surface area (TPSA) is 85.4 Å². The van der Waals surface area contributed by atoms with Gasteiger partial charge in [-0.2, -0.15) is 0 Å². The molecule has 2 N–H and O–H groups in total. The van der Waals surface area contributed by atoms with E-state index in [0.29, 0.717) is 34.6 Å². The smallest absolute Gasteiger partial charge is 0.257 e. The van der Waals surface area contributed by atoms with Crippen LogP contribution >= 0.6 is 0 Å². The molecule has 2 aromatic carbocycles. The van der Waals surface area contributed by atoms with Crippen LogP contribution in [0.5, 0.6) is 11.5 Å². The average Bonchev–Trinajstić information content (AvgIpc) is 2.75. The van der Waals surface area contributed by atoms with Crippen LogP contribution in [0.1, 0.15) is 35.7 Å². The minimum absolute atomic E-state index is 0.332. The van der Waals surface area contributed by atoms with E-state index in [1.54, 1.807) is 30.3 Å². The van der Waals surface area contributed by atoms with Crippen molar-refractivity contribution in [1.82, 2.24) is 10.2 Å². The molecule has 7 heteroatoms. The molecule has 0 saturated heterocycles. The van der Waals surface area contributed by atoms with Crippen LogP contribution in [-0.2, 0) is 0 Å². The van der Waals surface area contributed by atoms with Crippen LogP contribution in [0.25, 0.3) is 0 Å². The highest BCUT2D eigenvalue weighted by Gasteiger charge is 2.11. The summed E-state index contributed by atoms with van der Waals surface area (Å²) in [7, 11) is 3.06. The molecule has 0 aliphatic carbocycles. The molecule has 7 nitrogen and oxygen atoms in total. The number of nitrogens with zero attached hydrogens (tertiary/aromatic N) is 2. The number of carbonyl (C=O) groups excluding carboxylic acids is 1. The van der Waals surface area contributed by atoms with Crippen LogP contribution < -0.4 is 20.1 Å². The van der Waals surface area contributed by atoms with Gasteiger partial charge in [-0.1, -0.05) is 26.0 Å². The van der Waals surface area contributed by atoms with Crippen molar-refractivity contribution in [2.75, 3.05) is 24.9 Å². The third kappa shape index (κ3) is 5.22. The minimum atomic E-state index is -0.332. The largest absolute Gasteiger partial charge is 0.497 e. The molecule has 29 heavy (non-hydrogen) atoms. The fourth-order valence-corrected chi connectivity index (χ4v) is 2.69. The molecule has 0 spiro atoms. The van der Waals surface area contributed by atoms with Crippen molar-refractivity contribution in [2.45, 2.75) is 19.8 Å². The number of aromatic nitrogens is 2. The lowest BCUT2D eigenvalue weighted by Gasteiger charge is -2.10. The van der Waals surface area contributed by atoms with E-state index in [-0.39, 0.29) is 5.91 Å². The van der Waals surface area contributed by atoms with Crippen molar-refractivity contribution in [3.8, 4) is 11.5 Å². The summed E-state index contributed by atoms with van der Waals surface area (Å²) in [5, 5.41) is 14.1. The van der Waals surface area contributed by atoms with E-state index in [2.05, 4.69) is 46.8 Å². The summed E-state index contributed by atoms with van der Waals surface area (Å²) in [6.45, 7) is 4.31. The van der Waals surface area contributed by atoms with Crippen molar-refractivity contribution in [3.63, 3.8) is 0 Å². The van der Waals surface area contributed by atoms with E-state index < -0.39 is 0 Å². The Morgan fingerprint density at radius 2 is 1.45 bits per heavy atom. The number of hydrogen-bond acceptors (Lipinski definition) is 6. The van der Waals surface area contributed by atoms with Gasteiger partial charge in [0.2, 0.25) is 0 Å². The number of carbonyl (C=O) groups is 1. The van der Waals surface area contributed by atoms with Crippen LogP contribution in [0.4, 0.5) is 17.3 Å². The van der Waals surface area contributed by atoms with Gasteiger partial charge in [-0.15, -0.1) is 10.2 Å². The van der Waals surface area contributed by atoms with Crippen molar-refractivity contribution in [3.05, 3.63) is 65.7 Å². The molecule has 0 aliphatic heterocycles. The zero-order valence-corrected chi connectivity index (χ0v) is 16.9. The highest BCUT2D eigenvalue weighted by molar-refractivity contribution is 6.04. The molecule has 3 rings (SSSR count). The molecule has 0 radical (unpaired) electrons. The van der Waals surface area contributed by atoms with Crippen molar-refractivity contribution in [1.29, 1.82) is 0 Å². The van der Waals surface area contributed by atoms with E-state index in [4.69, 9.17) is 9.47 Å². The van der Waals surface area contributed by atoms with Crippen LogP contribution in [0, 0.1) is 0 Å². The summed E-state index contributed by atoms with van der Waals surface area (Å²) in [5.74, 6) is 2.14. The van der Waals surface area contributed by atoms with Crippen LogP contribution in [0.3, 0.4) is 0 Å². The van der Waals surface area contributed by atoms with Crippen molar-refractivity contribution >= 4 is 23.2 Å². The van der Waals surface area contributed by atoms with Crippen molar-refractivity contribution in [2.24, 2.45) is 0 Å². The lowest BCUT2D eigenvalue weighted by atomic mass is 10.0. The van der Waals surface area contributed by atoms with Gasteiger partial charge in [-0.05, 0) is 47.9 Å². The van der Waals surface area contributed by atoms with Crippen LogP contribution in [0.2, 0.25) is 0 Å². The average molecular weight is 392 g/mol. The molecular formula is C22H24N4O3. The van der Waals surface area contributed by atoms with E-state index >= 15 is 0 Å². The van der Waals surface area contributed by atoms with Gasteiger partial charge in [-0.3, -0.25) is 4.79 Å². The van der Waals surface area contributed by atoms with E-state index in [1.807, 2.05) is 12.1 Å². The second kappa shape index (κ2) is 9.05. The molecule has 3 aromatic rings. The van der Waals surface area contributed by atoms with Gasteiger partial charge in [0.1, 0.15) is 11.5 Å². The predicted octanol–water partition coefficient (Wildman–Crippen LogP) is 4.61. The van der Waals surface area contributed by atoms with Gasteiger partial charge < -0.3 is 20.1 Å². The molecule has 1 amide bonds. The van der Waals surface area contributed by atoms with Gasteiger partial charge in [0.25, 0.3) is 5.91 Å². The number of methoxy groups -OCH3 is 2. The normalized spacial score (nSPS) is 10.5. The number of nitrogens with one attached hydrogen (secondary N) is 2. The molecule has 0 bridgehead atoms. The third-order valence-electron chi connectivity index (χ3n) is 4.37. The molecule has 0 fully saturated rings. The first-order chi connectivity index (χ1) is 14.0. The molecule has 0 atom stereocenters. The van der Waals surface area contributed by atoms with Gasteiger partial charge in [0.15, 0.2) is 11.6 Å². The third-order valence-corrected chi connectivity index (χ3v) is 4.37. The Balaban J connectivity index is 1.66. The Bertz CT molecular complexity index is 948. The summed E-state index contributed by atoms with van der Waals surface area (Å²) in [5.41, 5.74) is 2.59. The molecular weight excluding hydrogens is 368 g/mol. The first-order valence-electron chi connectivity index (χ1n) is 9.23. The predicted molar refractivity (Wildman–Crippen MR) is 113 cm³/mol. The second-order valence-electron chi connectivity index (χ2n) is 6.76. The number of hydrogen-bond donors (Lipinski definition) is 2. The summed E-state index contributed by atoms with van der Waals surface area (Å²) in [6.07, 6.45) is 0. The SMILES string of the molecule is COc1cc(OC)cc(C(=O)Nc2ccc(Nc3ccc(C(C)C)cc3)nn2)c1. The number of ether oxygens (including phenoxy) is 2. The summed E-state index contributed by atoms with van der Waals surface area (Å²) < 4.78 is 10.4. The fraction of sp³-hybridized carbons (Fsp3) is 0.227. The van der Waals surface area contributed by atoms with Crippen LogP contribution in [0.15, 0.2) is 54.6 Å². The monoisotopic (exact) mass is 392 g/mol. The molecule has 1 aromatic heterocycles. The van der Waals surface area contributed by atoms with Crippen molar-refractivity contribution < 1.29 is 14.3 Å². The zero-order valence-electron chi connectivity index (χ0n) is 16.9. The van der Waals surface area contributed by atoms with E-state index in [9.17, 15) is 4.79 Å². The van der Waals surface area contributed by atoms with E-state index in [1.165, 1.54) is 19.8 Å². The first-order valence-corrected chi connectivity index (χ1v) is 9.23. The number of benzene rings is 2. The van der Waals surface area contributed by atoms with Crippen LogP contribution in [-0.4, -0.2) is 30.3 Å². The van der Waals surface area contributed by atoms with Gasteiger partial charge in [0, 0.05) is 17.3 Å². The maximum absolute atomic E-state index is 12.5. The summed E-state index contributed by atoms with van der Waals surface area (Å²) >= 11 is 0. The number of anilines is 3. The number of rotatable bonds is 7. The maximum Gasteiger partial charge on any atom is 0.257 e. The van der Waals surface area contributed by atoms with Gasteiger partial charge >= 0.3 is 0 Å². The second-order valence-corrected chi connectivity index (χ2v) is 6.76. The molecule has 0 saturated carbocycles. The standard InChI is InChI=1S/C22H24N4O3/c1-14(2)15-5-7-17(8-6-15)23-20-9-10-21(26-25-20)24-22(27)16-11-18(28-3)13-19(12-16)29-4/h5-14H,1-4H3,(H,23,25)(H,24,26,27). The van der Waals surface area contributed by atoms with Gasteiger partial charge in [-0.25, -0.2) is 0 Å². The highest BCUT2D eigenvalue weighted by Crippen LogP contribution is 2.23.